The Hall–Kier alpha value is -1.26. The molecular weight excluding hydrogens is 230 g/mol. The molecule has 0 spiro atoms. The van der Waals surface area contributed by atoms with Gasteiger partial charge in [0.05, 0.1) is 14.2 Å². The number of methoxy groups -OCH3 is 2. The van der Waals surface area contributed by atoms with Crippen LogP contribution in [-0.2, 0) is 12.0 Å². The summed E-state index contributed by atoms with van der Waals surface area (Å²) in [6.45, 7) is 0.219. The number of aliphatic hydroxyl groups is 1. The van der Waals surface area contributed by atoms with E-state index in [-0.39, 0.29) is 6.54 Å². The fraction of sp³-hybridized carbons (Fsp3) is 0.571. The van der Waals surface area contributed by atoms with Crippen LogP contribution >= 0.6 is 0 Å². The van der Waals surface area contributed by atoms with Crippen molar-refractivity contribution in [3.05, 3.63) is 23.3 Å². The molecule has 18 heavy (non-hydrogen) atoms. The lowest BCUT2D eigenvalue weighted by molar-refractivity contribution is 0.0358. The van der Waals surface area contributed by atoms with E-state index in [9.17, 15) is 5.11 Å². The number of nitrogens with two attached hydrogens (primary N) is 1. The van der Waals surface area contributed by atoms with Crippen molar-refractivity contribution >= 4 is 0 Å². The summed E-state index contributed by atoms with van der Waals surface area (Å²) in [6.07, 6.45) is 3.60. The normalized spacial score (nSPS) is 23.1. The van der Waals surface area contributed by atoms with Crippen LogP contribution in [0.5, 0.6) is 11.5 Å². The molecule has 0 heterocycles. The van der Waals surface area contributed by atoms with E-state index < -0.39 is 5.60 Å². The molecule has 0 saturated heterocycles. The minimum absolute atomic E-state index is 0.219. The smallest absolute Gasteiger partial charge is 0.126 e. The molecule has 0 amide bonds. The number of hydrogen-bond acceptors (Lipinski definition) is 4. The summed E-state index contributed by atoms with van der Waals surface area (Å²) in [6, 6.07) is 3.75. The molecule has 1 aromatic carbocycles. The predicted octanol–water partition coefficient (Wildman–Crippen LogP) is 1.58. The first-order valence-corrected chi connectivity index (χ1v) is 6.32. The molecule has 4 heteroatoms. The van der Waals surface area contributed by atoms with E-state index in [2.05, 4.69) is 0 Å². The van der Waals surface area contributed by atoms with E-state index in [0.29, 0.717) is 12.2 Å². The number of hydrogen-bond donors (Lipinski definition) is 2. The summed E-state index contributed by atoms with van der Waals surface area (Å²) in [4.78, 5) is 0. The van der Waals surface area contributed by atoms with Crippen molar-refractivity contribution in [2.24, 2.45) is 5.73 Å². The standard InChI is InChI=1S/C14H21NO3/c1-17-10-7-12-11(13(8-10)18-2)5-3-4-6-14(12,16)9-15/h7-8,16H,3-6,9,15H2,1-2H3. The van der Waals surface area contributed by atoms with Crippen LogP contribution < -0.4 is 15.2 Å². The van der Waals surface area contributed by atoms with Crippen LogP contribution in [0.15, 0.2) is 12.1 Å². The maximum Gasteiger partial charge on any atom is 0.126 e. The number of benzene rings is 1. The predicted molar refractivity (Wildman–Crippen MR) is 70.1 cm³/mol. The summed E-state index contributed by atoms with van der Waals surface area (Å²) in [7, 11) is 3.25. The molecule has 0 aromatic heterocycles. The Morgan fingerprint density at radius 1 is 1.28 bits per heavy atom. The van der Waals surface area contributed by atoms with Gasteiger partial charge in [-0.3, -0.25) is 0 Å². The van der Waals surface area contributed by atoms with Gasteiger partial charge >= 0.3 is 0 Å². The van der Waals surface area contributed by atoms with Crippen LogP contribution in [0.4, 0.5) is 0 Å². The molecule has 1 atom stereocenters. The maximum absolute atomic E-state index is 10.7. The first-order valence-electron chi connectivity index (χ1n) is 6.32. The van der Waals surface area contributed by atoms with Crippen molar-refractivity contribution < 1.29 is 14.6 Å². The van der Waals surface area contributed by atoms with Gasteiger partial charge in [-0.1, -0.05) is 0 Å². The molecule has 0 saturated carbocycles. The molecule has 1 aliphatic rings. The monoisotopic (exact) mass is 251 g/mol. The Balaban J connectivity index is 2.61. The summed E-state index contributed by atoms with van der Waals surface area (Å²) in [5.41, 5.74) is 6.73. The summed E-state index contributed by atoms with van der Waals surface area (Å²) < 4.78 is 10.7. The van der Waals surface area contributed by atoms with E-state index in [1.165, 1.54) is 0 Å². The van der Waals surface area contributed by atoms with Crippen LogP contribution in [0.3, 0.4) is 0 Å². The zero-order chi connectivity index (χ0) is 13.2. The number of rotatable bonds is 3. The average molecular weight is 251 g/mol. The van der Waals surface area contributed by atoms with Crippen LogP contribution in [0.2, 0.25) is 0 Å². The van der Waals surface area contributed by atoms with E-state index in [4.69, 9.17) is 15.2 Å². The molecule has 0 radical (unpaired) electrons. The molecule has 0 bridgehead atoms. The van der Waals surface area contributed by atoms with E-state index in [1.807, 2.05) is 12.1 Å². The highest BCUT2D eigenvalue weighted by Gasteiger charge is 2.33. The second-order valence-electron chi connectivity index (χ2n) is 4.80. The minimum Gasteiger partial charge on any atom is -0.497 e. The molecule has 1 aromatic rings. The molecule has 2 rings (SSSR count). The molecule has 0 aliphatic heterocycles. The van der Waals surface area contributed by atoms with Crippen molar-refractivity contribution in [3.63, 3.8) is 0 Å². The molecule has 4 nitrogen and oxygen atoms in total. The van der Waals surface area contributed by atoms with Crippen LogP contribution in [0.25, 0.3) is 0 Å². The lowest BCUT2D eigenvalue weighted by atomic mass is 9.87. The van der Waals surface area contributed by atoms with Gasteiger partial charge in [-0.25, -0.2) is 0 Å². The second-order valence-corrected chi connectivity index (χ2v) is 4.80. The summed E-state index contributed by atoms with van der Waals surface area (Å²) in [5, 5.41) is 10.7. The molecular formula is C14H21NO3. The Kier molecular flexibility index (Phi) is 3.78. The third-order valence-electron chi connectivity index (χ3n) is 3.74. The van der Waals surface area contributed by atoms with Crippen LogP contribution in [0.1, 0.15) is 30.4 Å². The van der Waals surface area contributed by atoms with Gasteiger partial charge in [0, 0.05) is 18.2 Å². The van der Waals surface area contributed by atoms with Crippen molar-refractivity contribution in [3.8, 4) is 11.5 Å². The highest BCUT2D eigenvalue weighted by atomic mass is 16.5. The maximum atomic E-state index is 10.7. The van der Waals surface area contributed by atoms with Crippen molar-refractivity contribution in [2.45, 2.75) is 31.3 Å². The molecule has 1 aliphatic carbocycles. The largest absolute Gasteiger partial charge is 0.497 e. The Morgan fingerprint density at radius 3 is 2.67 bits per heavy atom. The second kappa shape index (κ2) is 5.16. The van der Waals surface area contributed by atoms with Gasteiger partial charge < -0.3 is 20.3 Å². The molecule has 3 N–H and O–H groups in total. The summed E-state index contributed by atoms with van der Waals surface area (Å²) in [5.74, 6) is 1.47. The summed E-state index contributed by atoms with van der Waals surface area (Å²) >= 11 is 0. The molecule has 1 unspecified atom stereocenters. The number of fused-ring (bicyclic) bond motifs is 1. The van der Waals surface area contributed by atoms with E-state index in [1.54, 1.807) is 14.2 Å². The van der Waals surface area contributed by atoms with Gasteiger partial charge in [0.1, 0.15) is 17.1 Å². The van der Waals surface area contributed by atoms with Gasteiger partial charge in [-0.2, -0.15) is 0 Å². The zero-order valence-electron chi connectivity index (χ0n) is 11.0. The fourth-order valence-electron chi connectivity index (χ4n) is 2.66. The quantitative estimate of drug-likeness (QED) is 0.800. The molecule has 0 fully saturated rings. The lowest BCUT2D eigenvalue weighted by Crippen LogP contribution is -2.35. The highest BCUT2D eigenvalue weighted by Crippen LogP contribution is 2.40. The van der Waals surface area contributed by atoms with Gasteiger partial charge in [0.25, 0.3) is 0 Å². The van der Waals surface area contributed by atoms with Crippen molar-refractivity contribution in [1.29, 1.82) is 0 Å². The first-order chi connectivity index (χ1) is 8.64. The third kappa shape index (κ3) is 2.18. The topological polar surface area (TPSA) is 64.7 Å². The fourth-order valence-corrected chi connectivity index (χ4v) is 2.66. The van der Waals surface area contributed by atoms with E-state index >= 15 is 0 Å². The highest BCUT2D eigenvalue weighted by molar-refractivity contribution is 5.49. The van der Waals surface area contributed by atoms with Crippen LogP contribution in [0, 0.1) is 0 Å². The third-order valence-corrected chi connectivity index (χ3v) is 3.74. The Bertz CT molecular complexity index is 433. The zero-order valence-corrected chi connectivity index (χ0v) is 11.0. The van der Waals surface area contributed by atoms with Crippen LogP contribution in [-0.4, -0.2) is 25.9 Å². The van der Waals surface area contributed by atoms with E-state index in [0.717, 1.165) is 36.1 Å². The van der Waals surface area contributed by atoms with Crippen molar-refractivity contribution in [1.82, 2.24) is 0 Å². The van der Waals surface area contributed by atoms with Gasteiger partial charge in [0.15, 0.2) is 0 Å². The van der Waals surface area contributed by atoms with Gasteiger partial charge in [-0.15, -0.1) is 0 Å². The van der Waals surface area contributed by atoms with Gasteiger partial charge in [0.2, 0.25) is 0 Å². The average Bonchev–Trinajstić information content (AvgIpc) is 2.58. The first kappa shape index (κ1) is 13.2. The minimum atomic E-state index is -0.965. The Labute approximate surface area is 108 Å². The SMILES string of the molecule is COc1cc(OC)c2c(c1)C(O)(CN)CCCC2. The van der Waals surface area contributed by atoms with Crippen molar-refractivity contribution in [2.75, 3.05) is 20.8 Å². The molecule has 100 valence electrons. The number of ether oxygens (including phenoxy) is 2. The van der Waals surface area contributed by atoms with Gasteiger partial charge in [-0.05, 0) is 37.3 Å². The lowest BCUT2D eigenvalue weighted by Gasteiger charge is -2.28. The Morgan fingerprint density at radius 2 is 2.06 bits per heavy atom.